The van der Waals surface area contributed by atoms with Gasteiger partial charge in [-0.05, 0) is 44.4 Å². The molecule has 6 heteroatoms. The van der Waals surface area contributed by atoms with Crippen LogP contribution in [0.4, 0.5) is 0 Å². The average Bonchev–Trinajstić information content (AvgIpc) is 2.71. The molecule has 0 radical (unpaired) electrons. The minimum absolute atomic E-state index is 0.164. The number of rotatable bonds is 6. The lowest BCUT2D eigenvalue weighted by Crippen LogP contribution is -2.30. The molecule has 0 saturated carbocycles. The quantitative estimate of drug-likeness (QED) is 0.493. The summed E-state index contributed by atoms with van der Waals surface area (Å²) in [6.07, 6.45) is 0.405. The lowest BCUT2D eigenvalue weighted by Gasteiger charge is -2.12. The molecule has 1 heterocycles. The normalized spacial score (nSPS) is 12.8. The smallest absolute Gasteiger partial charge is 0.349 e. The van der Waals surface area contributed by atoms with E-state index >= 15 is 0 Å². The number of primary amides is 1. The molecule has 0 spiro atoms. The molecule has 1 aromatic heterocycles. The molecule has 1 amide bonds. The van der Waals surface area contributed by atoms with Crippen molar-refractivity contribution in [3.05, 3.63) is 28.6 Å². The summed E-state index contributed by atoms with van der Waals surface area (Å²) in [7, 11) is 0. The molecule has 6 nitrogen and oxygen atoms in total. The highest BCUT2D eigenvalue weighted by Crippen LogP contribution is 2.20. The highest BCUT2D eigenvalue weighted by molar-refractivity contribution is 5.99. The van der Waals surface area contributed by atoms with Gasteiger partial charge in [0.2, 0.25) is 0 Å². The van der Waals surface area contributed by atoms with Gasteiger partial charge in [0.25, 0.3) is 5.91 Å². The van der Waals surface area contributed by atoms with Gasteiger partial charge in [-0.25, -0.2) is 4.79 Å². The van der Waals surface area contributed by atoms with Crippen LogP contribution in [-0.2, 0) is 20.9 Å². The standard InChI is InChI=1S/C17H23N3O3/c1-10(2)9-20-11(3)6-14(12(20)4)7-15(8-18)17(22)23-13(5)16(19)21/h6-7,10,13H,9H2,1-5H3,(H2,19,21)/b15-7-. The fraction of sp³-hybridized carbons (Fsp3) is 0.471. The van der Waals surface area contributed by atoms with Crippen molar-refractivity contribution in [3.63, 3.8) is 0 Å². The van der Waals surface area contributed by atoms with Crippen molar-refractivity contribution in [1.82, 2.24) is 4.57 Å². The number of nitriles is 1. The Bertz CT molecular complexity index is 678. The molecular weight excluding hydrogens is 294 g/mol. The first-order chi connectivity index (χ1) is 10.7. The summed E-state index contributed by atoms with van der Waals surface area (Å²) >= 11 is 0. The van der Waals surface area contributed by atoms with Gasteiger partial charge in [-0.15, -0.1) is 0 Å². The summed E-state index contributed by atoms with van der Waals surface area (Å²) < 4.78 is 7.01. The molecule has 124 valence electrons. The number of aromatic nitrogens is 1. The Morgan fingerprint density at radius 2 is 2.00 bits per heavy atom. The van der Waals surface area contributed by atoms with E-state index in [1.54, 1.807) is 0 Å². The van der Waals surface area contributed by atoms with E-state index in [1.165, 1.54) is 13.0 Å². The number of amides is 1. The molecule has 0 aliphatic carbocycles. The Morgan fingerprint density at radius 3 is 2.48 bits per heavy atom. The molecule has 1 unspecified atom stereocenters. The molecule has 1 atom stereocenters. The summed E-state index contributed by atoms with van der Waals surface area (Å²) in [6, 6.07) is 3.73. The van der Waals surface area contributed by atoms with Crippen LogP contribution in [0.25, 0.3) is 6.08 Å². The Kier molecular flexibility index (Phi) is 6.14. The van der Waals surface area contributed by atoms with Gasteiger partial charge in [0, 0.05) is 17.9 Å². The number of nitrogens with zero attached hydrogens (tertiary/aromatic N) is 2. The van der Waals surface area contributed by atoms with Gasteiger partial charge in [0.1, 0.15) is 11.6 Å². The third-order valence-corrected chi connectivity index (χ3v) is 3.49. The molecule has 0 fully saturated rings. The van der Waals surface area contributed by atoms with Gasteiger partial charge < -0.3 is 15.0 Å². The molecule has 0 saturated heterocycles. The van der Waals surface area contributed by atoms with Crippen molar-refractivity contribution in [2.75, 3.05) is 0 Å². The van der Waals surface area contributed by atoms with Crippen LogP contribution >= 0.6 is 0 Å². The van der Waals surface area contributed by atoms with Crippen molar-refractivity contribution in [2.45, 2.75) is 47.3 Å². The monoisotopic (exact) mass is 317 g/mol. The molecular formula is C17H23N3O3. The zero-order valence-corrected chi connectivity index (χ0v) is 14.2. The number of hydrogen-bond acceptors (Lipinski definition) is 4. The fourth-order valence-electron chi connectivity index (χ4n) is 2.19. The van der Waals surface area contributed by atoms with Crippen molar-refractivity contribution in [2.24, 2.45) is 11.7 Å². The Hall–Kier alpha value is -2.55. The van der Waals surface area contributed by atoms with Crippen LogP contribution in [-0.4, -0.2) is 22.5 Å². The molecule has 0 aliphatic heterocycles. The van der Waals surface area contributed by atoms with Crippen molar-refractivity contribution in [3.8, 4) is 6.07 Å². The van der Waals surface area contributed by atoms with Gasteiger partial charge in [0.05, 0.1) is 0 Å². The van der Waals surface area contributed by atoms with E-state index in [0.29, 0.717) is 5.92 Å². The van der Waals surface area contributed by atoms with Crippen LogP contribution in [0.3, 0.4) is 0 Å². The van der Waals surface area contributed by atoms with Crippen LogP contribution in [0.15, 0.2) is 11.6 Å². The molecule has 1 aromatic rings. The van der Waals surface area contributed by atoms with E-state index < -0.39 is 18.0 Å². The van der Waals surface area contributed by atoms with Crippen LogP contribution in [0, 0.1) is 31.1 Å². The SMILES string of the molecule is Cc1cc(/C=C(/C#N)C(=O)OC(C)C(N)=O)c(C)n1CC(C)C. The predicted octanol–water partition coefficient (Wildman–Crippen LogP) is 2.08. The largest absolute Gasteiger partial charge is 0.448 e. The van der Waals surface area contributed by atoms with Gasteiger partial charge in [0.15, 0.2) is 6.10 Å². The van der Waals surface area contributed by atoms with Gasteiger partial charge in [-0.2, -0.15) is 5.26 Å². The first-order valence-corrected chi connectivity index (χ1v) is 7.46. The molecule has 2 N–H and O–H groups in total. The Balaban J connectivity index is 3.10. The zero-order valence-electron chi connectivity index (χ0n) is 14.2. The molecule has 0 aromatic carbocycles. The zero-order chi connectivity index (χ0) is 17.7. The lowest BCUT2D eigenvalue weighted by molar-refractivity contribution is -0.149. The lowest BCUT2D eigenvalue weighted by atomic mass is 10.1. The van der Waals surface area contributed by atoms with Crippen molar-refractivity contribution >= 4 is 18.0 Å². The third kappa shape index (κ3) is 4.71. The van der Waals surface area contributed by atoms with E-state index in [2.05, 4.69) is 18.4 Å². The second kappa shape index (κ2) is 7.63. The number of hydrogen-bond donors (Lipinski definition) is 1. The maximum atomic E-state index is 11.9. The first-order valence-electron chi connectivity index (χ1n) is 7.46. The number of esters is 1. The van der Waals surface area contributed by atoms with E-state index in [4.69, 9.17) is 10.5 Å². The number of aryl methyl sites for hydroxylation is 1. The summed E-state index contributed by atoms with van der Waals surface area (Å²) in [5, 5.41) is 9.18. The highest BCUT2D eigenvalue weighted by Gasteiger charge is 2.19. The maximum Gasteiger partial charge on any atom is 0.349 e. The van der Waals surface area contributed by atoms with Crippen molar-refractivity contribution in [1.29, 1.82) is 5.26 Å². The molecule has 23 heavy (non-hydrogen) atoms. The molecule has 0 bridgehead atoms. The number of ether oxygens (including phenoxy) is 1. The minimum atomic E-state index is -1.08. The van der Waals surface area contributed by atoms with E-state index in [-0.39, 0.29) is 5.57 Å². The van der Waals surface area contributed by atoms with Crippen molar-refractivity contribution < 1.29 is 14.3 Å². The summed E-state index contributed by atoms with van der Waals surface area (Å²) in [5.41, 5.74) is 7.69. The highest BCUT2D eigenvalue weighted by atomic mass is 16.5. The average molecular weight is 317 g/mol. The van der Waals surface area contributed by atoms with Crippen LogP contribution < -0.4 is 5.73 Å². The van der Waals surface area contributed by atoms with E-state index in [9.17, 15) is 14.9 Å². The second-order valence-corrected chi connectivity index (χ2v) is 5.95. The second-order valence-electron chi connectivity index (χ2n) is 5.95. The predicted molar refractivity (Wildman–Crippen MR) is 87.1 cm³/mol. The minimum Gasteiger partial charge on any atom is -0.448 e. The molecule has 1 rings (SSSR count). The maximum absolute atomic E-state index is 11.9. The third-order valence-electron chi connectivity index (χ3n) is 3.49. The van der Waals surface area contributed by atoms with Crippen LogP contribution in [0.1, 0.15) is 37.7 Å². The van der Waals surface area contributed by atoms with Gasteiger partial charge in [-0.3, -0.25) is 4.79 Å². The van der Waals surface area contributed by atoms with E-state index in [1.807, 2.05) is 26.0 Å². The summed E-state index contributed by atoms with van der Waals surface area (Å²) in [5.74, 6) is -1.13. The fourth-order valence-corrected chi connectivity index (χ4v) is 2.19. The Labute approximate surface area is 136 Å². The molecule has 0 aliphatic rings. The first kappa shape index (κ1) is 18.5. The van der Waals surface area contributed by atoms with E-state index in [0.717, 1.165) is 23.5 Å². The Morgan fingerprint density at radius 1 is 1.39 bits per heavy atom. The summed E-state index contributed by atoms with van der Waals surface area (Å²) in [4.78, 5) is 22.9. The summed E-state index contributed by atoms with van der Waals surface area (Å²) in [6.45, 7) is 10.4. The van der Waals surface area contributed by atoms with Gasteiger partial charge >= 0.3 is 5.97 Å². The van der Waals surface area contributed by atoms with Crippen LogP contribution in [0.2, 0.25) is 0 Å². The number of carbonyl (C=O) groups is 2. The number of carbonyl (C=O) groups excluding carboxylic acids is 2. The van der Waals surface area contributed by atoms with Crippen LogP contribution in [0.5, 0.6) is 0 Å². The topological polar surface area (TPSA) is 98.1 Å². The van der Waals surface area contributed by atoms with Gasteiger partial charge in [-0.1, -0.05) is 13.8 Å². The number of nitrogens with two attached hydrogens (primary N) is 1.